The summed E-state index contributed by atoms with van der Waals surface area (Å²) in [6.45, 7) is 0.739. The molecule has 1 aromatic rings. The molecule has 2 unspecified atom stereocenters. The Morgan fingerprint density at radius 1 is 1.21 bits per heavy atom. The number of hydrogen-bond acceptors (Lipinski definition) is 3. The third kappa shape index (κ3) is 3.18. The van der Waals surface area contributed by atoms with Crippen molar-refractivity contribution in [2.24, 2.45) is 5.92 Å². The molecule has 3 aliphatic rings. The average Bonchev–Trinajstić information content (AvgIpc) is 3.13. The van der Waals surface area contributed by atoms with Crippen molar-refractivity contribution in [2.45, 2.75) is 57.0 Å². The van der Waals surface area contributed by atoms with E-state index in [2.05, 4.69) is 10.6 Å². The Morgan fingerprint density at radius 3 is 2.67 bits per heavy atom. The predicted octanol–water partition coefficient (Wildman–Crippen LogP) is 2.67. The van der Waals surface area contributed by atoms with Gasteiger partial charge in [0.15, 0.2) is 0 Å². The Hall–Kier alpha value is -1.88. The molecule has 3 fully saturated rings. The number of amides is 2. The lowest BCUT2D eigenvalue weighted by molar-refractivity contribution is -0.118. The molecular weight excluding hydrogens is 302 g/mol. The van der Waals surface area contributed by atoms with Gasteiger partial charge in [0.25, 0.3) is 0 Å². The zero-order valence-corrected chi connectivity index (χ0v) is 14.0. The number of rotatable bonds is 4. The van der Waals surface area contributed by atoms with Gasteiger partial charge in [-0.25, -0.2) is 0 Å². The van der Waals surface area contributed by atoms with E-state index in [0.29, 0.717) is 30.8 Å². The molecule has 2 amide bonds. The van der Waals surface area contributed by atoms with Gasteiger partial charge in [0.05, 0.1) is 11.4 Å². The highest BCUT2D eigenvalue weighted by atomic mass is 16.2. The van der Waals surface area contributed by atoms with Crippen LogP contribution < -0.4 is 15.5 Å². The first-order chi connectivity index (χ1) is 11.7. The Morgan fingerprint density at radius 2 is 1.96 bits per heavy atom. The second-order valence-corrected chi connectivity index (χ2v) is 7.39. The van der Waals surface area contributed by atoms with Gasteiger partial charge < -0.3 is 15.5 Å². The van der Waals surface area contributed by atoms with E-state index < -0.39 is 0 Å². The number of benzene rings is 1. The van der Waals surface area contributed by atoms with Crippen molar-refractivity contribution in [1.29, 1.82) is 0 Å². The number of hydrogen-bond donors (Lipinski definition) is 2. The fraction of sp³-hybridized carbons (Fsp3) is 0.579. The molecule has 4 rings (SSSR count). The minimum atomic E-state index is 0.0698. The maximum atomic E-state index is 12.5. The van der Waals surface area contributed by atoms with Crippen LogP contribution in [0.5, 0.6) is 0 Å². The number of anilines is 2. The highest BCUT2D eigenvalue weighted by molar-refractivity contribution is 6.02. The van der Waals surface area contributed by atoms with Crippen molar-refractivity contribution in [2.75, 3.05) is 16.8 Å². The third-order valence-electron chi connectivity index (χ3n) is 5.59. The highest BCUT2D eigenvalue weighted by Crippen LogP contribution is 2.34. The second-order valence-electron chi connectivity index (χ2n) is 7.39. The molecule has 3 heterocycles. The van der Waals surface area contributed by atoms with Crippen molar-refractivity contribution in [1.82, 2.24) is 5.32 Å². The first-order valence-electron chi connectivity index (χ1n) is 9.14. The Balaban J connectivity index is 1.41. The molecule has 5 nitrogen and oxygen atoms in total. The number of fused-ring (bicyclic) bond motifs is 2. The SMILES string of the molecule is O=C(CC1CC2CCC(C1)N2)Nc1ccccc1N1CCCC1=O. The average molecular weight is 327 g/mol. The van der Waals surface area contributed by atoms with Crippen LogP contribution in [-0.4, -0.2) is 30.4 Å². The fourth-order valence-electron chi connectivity index (χ4n) is 4.52. The molecule has 24 heavy (non-hydrogen) atoms. The molecule has 2 bridgehead atoms. The van der Waals surface area contributed by atoms with Crippen molar-refractivity contribution in [3.05, 3.63) is 24.3 Å². The highest BCUT2D eigenvalue weighted by Gasteiger charge is 2.34. The van der Waals surface area contributed by atoms with Crippen molar-refractivity contribution >= 4 is 23.2 Å². The summed E-state index contributed by atoms with van der Waals surface area (Å²) < 4.78 is 0. The molecule has 2 atom stereocenters. The van der Waals surface area contributed by atoms with E-state index >= 15 is 0 Å². The summed E-state index contributed by atoms with van der Waals surface area (Å²) in [5.74, 6) is 0.691. The molecule has 3 saturated heterocycles. The van der Waals surface area contributed by atoms with E-state index in [1.165, 1.54) is 12.8 Å². The summed E-state index contributed by atoms with van der Waals surface area (Å²) in [7, 11) is 0. The van der Waals surface area contributed by atoms with E-state index in [1.54, 1.807) is 4.90 Å². The van der Waals surface area contributed by atoms with Gasteiger partial charge in [-0.2, -0.15) is 0 Å². The van der Waals surface area contributed by atoms with Gasteiger partial charge in [-0.15, -0.1) is 0 Å². The maximum Gasteiger partial charge on any atom is 0.227 e. The molecule has 0 spiro atoms. The van der Waals surface area contributed by atoms with Gasteiger partial charge in [0.1, 0.15) is 0 Å². The minimum Gasteiger partial charge on any atom is -0.324 e. The van der Waals surface area contributed by atoms with Crippen molar-refractivity contribution in [3.63, 3.8) is 0 Å². The molecule has 0 aliphatic carbocycles. The van der Waals surface area contributed by atoms with E-state index in [0.717, 1.165) is 37.2 Å². The van der Waals surface area contributed by atoms with Crippen LogP contribution in [0.1, 0.15) is 44.9 Å². The standard InChI is InChI=1S/C19H25N3O2/c23-18(12-13-10-14-7-8-15(11-13)20-14)21-16-4-1-2-5-17(16)22-9-3-6-19(22)24/h1-2,4-5,13-15,20H,3,6-12H2,(H,21,23). The molecule has 2 N–H and O–H groups in total. The zero-order chi connectivity index (χ0) is 16.5. The van der Waals surface area contributed by atoms with Gasteiger partial charge in [0, 0.05) is 31.5 Å². The number of nitrogens with zero attached hydrogens (tertiary/aromatic N) is 1. The topological polar surface area (TPSA) is 61.4 Å². The first kappa shape index (κ1) is 15.6. The van der Waals surface area contributed by atoms with Crippen LogP contribution in [0.2, 0.25) is 0 Å². The zero-order valence-electron chi connectivity index (χ0n) is 14.0. The second kappa shape index (κ2) is 6.55. The molecule has 3 aliphatic heterocycles. The van der Waals surface area contributed by atoms with E-state index in [9.17, 15) is 9.59 Å². The van der Waals surface area contributed by atoms with E-state index in [-0.39, 0.29) is 11.8 Å². The molecule has 0 saturated carbocycles. The number of carbonyl (C=O) groups excluding carboxylic acids is 2. The summed E-state index contributed by atoms with van der Waals surface area (Å²) >= 11 is 0. The minimum absolute atomic E-state index is 0.0698. The number of para-hydroxylation sites is 2. The molecule has 128 valence electrons. The molecule has 0 radical (unpaired) electrons. The van der Waals surface area contributed by atoms with Crippen LogP contribution in [-0.2, 0) is 9.59 Å². The van der Waals surface area contributed by atoms with E-state index in [4.69, 9.17) is 0 Å². The summed E-state index contributed by atoms with van der Waals surface area (Å²) in [6, 6.07) is 8.85. The quantitative estimate of drug-likeness (QED) is 0.894. The number of nitrogens with one attached hydrogen (secondary N) is 2. The predicted molar refractivity (Wildman–Crippen MR) is 93.9 cm³/mol. The monoisotopic (exact) mass is 327 g/mol. The number of piperidine rings is 1. The number of carbonyl (C=O) groups is 2. The lowest BCUT2D eigenvalue weighted by Gasteiger charge is -2.28. The molecular formula is C19H25N3O2. The van der Waals surface area contributed by atoms with Crippen LogP contribution in [0, 0.1) is 5.92 Å². The smallest absolute Gasteiger partial charge is 0.227 e. The molecule has 5 heteroatoms. The van der Waals surface area contributed by atoms with Crippen LogP contribution in [0.15, 0.2) is 24.3 Å². The lowest BCUT2D eigenvalue weighted by Crippen LogP contribution is -2.39. The maximum absolute atomic E-state index is 12.5. The van der Waals surface area contributed by atoms with Crippen LogP contribution >= 0.6 is 0 Å². The van der Waals surface area contributed by atoms with Gasteiger partial charge in [-0.05, 0) is 50.2 Å². The summed E-state index contributed by atoms with van der Waals surface area (Å²) in [5, 5.41) is 6.67. The van der Waals surface area contributed by atoms with Crippen molar-refractivity contribution < 1.29 is 9.59 Å². The van der Waals surface area contributed by atoms with Gasteiger partial charge in [0.2, 0.25) is 11.8 Å². The Labute approximate surface area is 142 Å². The van der Waals surface area contributed by atoms with E-state index in [1.807, 2.05) is 24.3 Å². The van der Waals surface area contributed by atoms with Gasteiger partial charge >= 0.3 is 0 Å². The van der Waals surface area contributed by atoms with Crippen LogP contribution in [0.25, 0.3) is 0 Å². The van der Waals surface area contributed by atoms with Gasteiger partial charge in [-0.3, -0.25) is 9.59 Å². The first-order valence-corrected chi connectivity index (χ1v) is 9.14. The Bertz CT molecular complexity index is 633. The summed E-state index contributed by atoms with van der Waals surface area (Å²) in [4.78, 5) is 26.3. The normalized spacial score (nSPS) is 29.1. The largest absolute Gasteiger partial charge is 0.324 e. The van der Waals surface area contributed by atoms with Gasteiger partial charge in [-0.1, -0.05) is 12.1 Å². The van der Waals surface area contributed by atoms with Crippen LogP contribution in [0.4, 0.5) is 11.4 Å². The summed E-state index contributed by atoms with van der Waals surface area (Å²) in [5.41, 5.74) is 1.59. The van der Waals surface area contributed by atoms with Crippen LogP contribution in [0.3, 0.4) is 0 Å². The molecule has 0 aromatic heterocycles. The molecule has 1 aromatic carbocycles. The third-order valence-corrected chi connectivity index (χ3v) is 5.59. The summed E-state index contributed by atoms with van der Waals surface area (Å²) in [6.07, 6.45) is 6.79. The Kier molecular flexibility index (Phi) is 4.27. The fourth-order valence-corrected chi connectivity index (χ4v) is 4.52. The lowest BCUT2D eigenvalue weighted by atomic mass is 9.89. The van der Waals surface area contributed by atoms with Crippen molar-refractivity contribution in [3.8, 4) is 0 Å².